The summed E-state index contributed by atoms with van der Waals surface area (Å²) in [4.78, 5) is 0. The number of rotatable bonds is 6. The Kier molecular flexibility index (Phi) is 7.95. The van der Waals surface area contributed by atoms with Crippen LogP contribution in [0.1, 0.15) is 58.4 Å². The minimum atomic E-state index is -0.508. The van der Waals surface area contributed by atoms with Gasteiger partial charge in [-0.25, -0.2) is 0 Å². The third-order valence-corrected chi connectivity index (χ3v) is 15.1. The fraction of sp³-hybridized carbons (Fsp3) is 0.0625. The van der Waals surface area contributed by atoms with Gasteiger partial charge >= 0.3 is 0 Å². The van der Waals surface area contributed by atoms with E-state index in [0.29, 0.717) is 0 Å². The van der Waals surface area contributed by atoms with Gasteiger partial charge in [-0.2, -0.15) is 0 Å². The van der Waals surface area contributed by atoms with E-state index < -0.39 is 5.41 Å². The maximum Gasteiger partial charge on any atom is 0.135 e. The fourth-order valence-corrected chi connectivity index (χ4v) is 12.1. The summed E-state index contributed by atoms with van der Waals surface area (Å²) in [7, 11) is 0. The first-order chi connectivity index (χ1) is 33.0. The van der Waals surface area contributed by atoms with Crippen molar-refractivity contribution >= 4 is 61.1 Å². The first-order valence-electron chi connectivity index (χ1n) is 23.3. The zero-order valence-electron chi connectivity index (χ0n) is 37.2. The molecule has 3 heterocycles. The van der Waals surface area contributed by atoms with E-state index in [1.165, 1.54) is 83.1 Å². The molecule has 11 aromatic rings. The first-order valence-corrected chi connectivity index (χ1v) is 23.3. The van der Waals surface area contributed by atoms with Crippen LogP contribution in [0.5, 0.6) is 0 Å². The number of furan rings is 1. The van der Waals surface area contributed by atoms with Gasteiger partial charge in [-0.15, -0.1) is 0 Å². The Morgan fingerprint density at radius 2 is 1.18 bits per heavy atom. The maximum absolute atomic E-state index is 6.28. The van der Waals surface area contributed by atoms with Gasteiger partial charge in [0.25, 0.3) is 0 Å². The first kappa shape index (κ1) is 37.9. The molecule has 0 radical (unpaired) electrons. The molecule has 3 heteroatoms. The van der Waals surface area contributed by atoms with Gasteiger partial charge < -0.3 is 14.3 Å². The highest BCUT2D eigenvalue weighted by molar-refractivity contribution is 6.13. The standard InChI is InChI=1S/C64H44N2O/c1-63(2)52-21-7-3-16-44(52)46-34-32-43(39-56(46)63)65-36-14-15-41(42-31-35-61-51(38-42)49-19-6-12-27-60(49)67-61)30-28-40-29-33-47-45-17-4-8-22-53(45)64(57(47)37-40)54-23-9-11-26-59(54)66-58-25-10-5-18-48(58)50-20-13-24-55(64)62(50)66/h3-39,65H,1-2H3/b30-28-,36-14+,41-15+. The number of aromatic nitrogens is 1. The van der Waals surface area contributed by atoms with Crippen LogP contribution in [0.2, 0.25) is 0 Å². The van der Waals surface area contributed by atoms with E-state index in [4.69, 9.17) is 4.42 Å². The molecule has 0 amide bonds. The Labute approximate surface area is 389 Å². The summed E-state index contributed by atoms with van der Waals surface area (Å²) in [5.41, 5.74) is 22.6. The number of allylic oxidation sites excluding steroid dienone is 4. The highest BCUT2D eigenvalue weighted by atomic mass is 16.3. The number of nitrogens with zero attached hydrogens (tertiary/aromatic N) is 1. The SMILES string of the molecule is CC1(C)c2ccccc2-c2ccc(N/C=C/C=C(\C=C/c3ccc4c(c3)C3(c5ccccc5-4)c4ccccc4-n4c5ccccc5c5cccc3c54)c3ccc4oc5ccccc5c4c3)cc21. The molecule has 3 nitrogen and oxygen atoms in total. The van der Waals surface area contributed by atoms with Crippen molar-refractivity contribution in [3.05, 3.63) is 263 Å². The summed E-state index contributed by atoms with van der Waals surface area (Å²) >= 11 is 0. The van der Waals surface area contributed by atoms with E-state index in [9.17, 15) is 0 Å². The zero-order valence-corrected chi connectivity index (χ0v) is 37.2. The Morgan fingerprint density at radius 3 is 2.07 bits per heavy atom. The van der Waals surface area contributed by atoms with Gasteiger partial charge in [-0.05, 0) is 127 Å². The number of benzene rings is 9. The van der Waals surface area contributed by atoms with Gasteiger partial charge in [0.15, 0.2) is 0 Å². The average Bonchev–Trinajstić information content (AvgIpc) is 4.07. The lowest BCUT2D eigenvalue weighted by Gasteiger charge is -2.39. The van der Waals surface area contributed by atoms with E-state index >= 15 is 0 Å². The van der Waals surface area contributed by atoms with Crippen LogP contribution in [0.15, 0.2) is 223 Å². The van der Waals surface area contributed by atoms with E-state index in [0.717, 1.165) is 44.3 Å². The lowest BCUT2D eigenvalue weighted by Crippen LogP contribution is -2.33. The smallest absolute Gasteiger partial charge is 0.135 e. The van der Waals surface area contributed by atoms with Crippen LogP contribution in [0.3, 0.4) is 0 Å². The lowest BCUT2D eigenvalue weighted by atomic mass is 9.65. The molecule has 0 bridgehead atoms. The van der Waals surface area contributed by atoms with Crippen LogP contribution in [0.25, 0.3) is 83.3 Å². The fourth-order valence-electron chi connectivity index (χ4n) is 12.1. The highest BCUT2D eigenvalue weighted by Crippen LogP contribution is 2.61. The Morgan fingerprint density at radius 1 is 0.507 bits per heavy atom. The van der Waals surface area contributed by atoms with Crippen LogP contribution in [0.4, 0.5) is 5.69 Å². The van der Waals surface area contributed by atoms with Crippen LogP contribution >= 0.6 is 0 Å². The monoisotopic (exact) mass is 856 g/mol. The van der Waals surface area contributed by atoms with Gasteiger partial charge in [-0.3, -0.25) is 0 Å². The van der Waals surface area contributed by atoms with Crippen molar-refractivity contribution in [3.8, 4) is 27.9 Å². The summed E-state index contributed by atoms with van der Waals surface area (Å²) in [6, 6.07) is 71.4. The molecule has 9 aromatic carbocycles. The highest BCUT2D eigenvalue weighted by Gasteiger charge is 2.50. The van der Waals surface area contributed by atoms with Crippen molar-refractivity contribution in [1.82, 2.24) is 4.57 Å². The molecule has 14 rings (SSSR count). The summed E-state index contributed by atoms with van der Waals surface area (Å²) < 4.78 is 8.79. The molecular weight excluding hydrogens is 813 g/mol. The van der Waals surface area contributed by atoms with Crippen LogP contribution in [0, 0.1) is 0 Å². The van der Waals surface area contributed by atoms with Crippen molar-refractivity contribution in [2.75, 3.05) is 5.32 Å². The second-order valence-electron chi connectivity index (χ2n) is 18.9. The topological polar surface area (TPSA) is 30.1 Å². The van der Waals surface area contributed by atoms with E-state index in [1.54, 1.807) is 0 Å². The van der Waals surface area contributed by atoms with Crippen LogP contribution in [-0.2, 0) is 10.8 Å². The van der Waals surface area contributed by atoms with Crippen LogP contribution in [-0.4, -0.2) is 4.57 Å². The average molecular weight is 857 g/mol. The minimum absolute atomic E-state index is 0.0607. The molecule has 1 aliphatic heterocycles. The predicted molar refractivity (Wildman–Crippen MR) is 279 cm³/mol. The quantitative estimate of drug-likeness (QED) is 0.169. The number of fused-ring (bicyclic) bond motifs is 18. The van der Waals surface area contributed by atoms with Crippen molar-refractivity contribution in [2.45, 2.75) is 24.7 Å². The van der Waals surface area contributed by atoms with E-state index in [2.05, 4.69) is 230 Å². The summed E-state index contributed by atoms with van der Waals surface area (Å²) in [5.74, 6) is 0. The molecule has 1 atom stereocenters. The van der Waals surface area contributed by atoms with Crippen molar-refractivity contribution < 1.29 is 4.42 Å². The third kappa shape index (κ3) is 5.28. The zero-order chi connectivity index (χ0) is 44.4. The molecule has 2 aromatic heterocycles. The number of nitrogens with one attached hydrogen (secondary N) is 1. The number of para-hydroxylation sites is 4. The minimum Gasteiger partial charge on any atom is -0.456 e. The second kappa shape index (κ2) is 14.1. The van der Waals surface area contributed by atoms with E-state index in [1.807, 2.05) is 18.3 Å². The number of hydrogen-bond donors (Lipinski definition) is 1. The van der Waals surface area contributed by atoms with Crippen molar-refractivity contribution in [1.29, 1.82) is 0 Å². The summed E-state index contributed by atoms with van der Waals surface area (Å²) in [6.45, 7) is 4.65. The Bertz CT molecular complexity index is 4000. The maximum atomic E-state index is 6.28. The summed E-state index contributed by atoms with van der Waals surface area (Å²) in [6.07, 6.45) is 10.9. The summed E-state index contributed by atoms with van der Waals surface area (Å²) in [5, 5.41) is 8.40. The third-order valence-electron chi connectivity index (χ3n) is 15.1. The molecule has 316 valence electrons. The van der Waals surface area contributed by atoms with Gasteiger partial charge in [0.1, 0.15) is 11.2 Å². The van der Waals surface area contributed by atoms with Gasteiger partial charge in [-0.1, -0.05) is 178 Å². The molecule has 1 unspecified atom stereocenters. The van der Waals surface area contributed by atoms with Gasteiger partial charge in [0.2, 0.25) is 0 Å². The Balaban J connectivity index is 0.896. The van der Waals surface area contributed by atoms with E-state index in [-0.39, 0.29) is 5.41 Å². The van der Waals surface area contributed by atoms with Crippen molar-refractivity contribution in [2.24, 2.45) is 0 Å². The molecule has 1 spiro atoms. The molecule has 2 aliphatic carbocycles. The molecule has 67 heavy (non-hydrogen) atoms. The van der Waals surface area contributed by atoms with Crippen molar-refractivity contribution in [3.63, 3.8) is 0 Å². The van der Waals surface area contributed by atoms with Crippen LogP contribution < -0.4 is 5.32 Å². The number of hydrogen-bond acceptors (Lipinski definition) is 2. The van der Waals surface area contributed by atoms with Gasteiger partial charge in [0.05, 0.1) is 22.1 Å². The molecular formula is C64H44N2O. The normalized spacial score (nSPS) is 16.4. The second-order valence-corrected chi connectivity index (χ2v) is 18.9. The lowest BCUT2D eigenvalue weighted by molar-refractivity contribution is 0.660. The molecule has 3 aliphatic rings. The molecule has 0 fully saturated rings. The predicted octanol–water partition coefficient (Wildman–Crippen LogP) is 16.4. The molecule has 0 saturated heterocycles. The molecule has 1 N–H and O–H groups in total. The molecule has 0 saturated carbocycles. The Hall–Kier alpha value is -8.40. The van der Waals surface area contributed by atoms with Gasteiger partial charge in [0, 0.05) is 38.8 Å². The largest absolute Gasteiger partial charge is 0.456 e. The number of anilines is 1.